The Bertz CT molecular complexity index is 1250. The molecule has 1 atom stereocenters. The van der Waals surface area contributed by atoms with Crippen LogP contribution in [0.1, 0.15) is 30.1 Å². The molecule has 5 rings (SSSR count). The van der Waals surface area contributed by atoms with Gasteiger partial charge in [0, 0.05) is 29.5 Å². The molecule has 1 fully saturated rings. The Kier molecular flexibility index (Phi) is 4.99. The lowest BCUT2D eigenvalue weighted by Crippen LogP contribution is -2.26. The molecule has 0 unspecified atom stereocenters. The highest BCUT2D eigenvalue weighted by molar-refractivity contribution is 7.16. The van der Waals surface area contributed by atoms with Crippen LogP contribution in [0.4, 0.5) is 17.2 Å². The second-order valence-corrected chi connectivity index (χ2v) is 8.48. The number of hydrogen-bond donors (Lipinski definition) is 2. The minimum absolute atomic E-state index is 0.230. The molecule has 8 heteroatoms. The zero-order valence-electron chi connectivity index (χ0n) is 16.9. The van der Waals surface area contributed by atoms with Gasteiger partial charge in [-0.25, -0.2) is 19.7 Å². The van der Waals surface area contributed by atoms with Gasteiger partial charge in [-0.3, -0.25) is 0 Å². The molecule has 31 heavy (non-hydrogen) atoms. The monoisotopic (exact) mass is 431 g/mol. The van der Waals surface area contributed by atoms with Crippen molar-refractivity contribution < 1.29 is 9.90 Å². The zero-order chi connectivity index (χ0) is 21.4. The third kappa shape index (κ3) is 3.82. The molecule has 0 bridgehead atoms. The summed E-state index contributed by atoms with van der Waals surface area (Å²) >= 11 is 1.45. The average Bonchev–Trinajstić information content (AvgIpc) is 3.43. The van der Waals surface area contributed by atoms with Crippen LogP contribution < -0.4 is 10.2 Å². The fourth-order valence-electron chi connectivity index (χ4n) is 3.96. The maximum atomic E-state index is 11.1. The van der Waals surface area contributed by atoms with Gasteiger partial charge < -0.3 is 15.3 Å². The highest BCUT2D eigenvalue weighted by Crippen LogP contribution is 2.31. The summed E-state index contributed by atoms with van der Waals surface area (Å²) in [6.45, 7) is 3.34. The number of rotatable bonds is 5. The van der Waals surface area contributed by atoms with Crippen molar-refractivity contribution in [2.75, 3.05) is 16.8 Å². The van der Waals surface area contributed by atoms with Crippen LogP contribution in [0.25, 0.3) is 21.7 Å². The zero-order valence-corrected chi connectivity index (χ0v) is 17.8. The van der Waals surface area contributed by atoms with Crippen LogP contribution in [-0.2, 0) is 0 Å². The number of aromatic nitrogens is 3. The van der Waals surface area contributed by atoms with Crippen molar-refractivity contribution in [2.24, 2.45) is 0 Å². The fraction of sp³-hybridized carbons (Fsp3) is 0.217. The lowest BCUT2D eigenvalue weighted by atomic mass is 10.1. The van der Waals surface area contributed by atoms with E-state index < -0.39 is 5.97 Å². The molecule has 2 aromatic heterocycles. The number of carbonyl (C=O) groups is 1. The number of hydrogen-bond acceptors (Lipinski definition) is 7. The van der Waals surface area contributed by atoms with Crippen LogP contribution in [0.2, 0.25) is 0 Å². The van der Waals surface area contributed by atoms with Gasteiger partial charge in [0.2, 0.25) is 0 Å². The number of carboxylic acid groups (broad SMARTS) is 1. The summed E-state index contributed by atoms with van der Waals surface area (Å²) in [7, 11) is 0. The van der Waals surface area contributed by atoms with E-state index in [1.165, 1.54) is 29.9 Å². The van der Waals surface area contributed by atoms with Crippen molar-refractivity contribution in [1.82, 2.24) is 15.0 Å². The van der Waals surface area contributed by atoms with Gasteiger partial charge in [-0.15, -0.1) is 11.3 Å². The number of aromatic carboxylic acids is 1. The molecule has 0 amide bonds. The SMILES string of the molecule is C[C@H]1CCCN1c1cccc(Nc2nc(-c3ccc(C(=O)O)cc3)nc3scnc23)c1. The summed E-state index contributed by atoms with van der Waals surface area (Å²) in [4.78, 5) is 28.1. The number of nitrogens with zero attached hydrogens (tertiary/aromatic N) is 4. The van der Waals surface area contributed by atoms with E-state index in [0.29, 0.717) is 17.7 Å². The van der Waals surface area contributed by atoms with Gasteiger partial charge in [-0.05, 0) is 50.1 Å². The Labute approximate surface area is 183 Å². The Balaban J connectivity index is 1.50. The minimum atomic E-state index is -0.958. The number of anilines is 3. The van der Waals surface area contributed by atoms with E-state index in [1.807, 2.05) is 12.1 Å². The first kappa shape index (κ1) is 19.4. The van der Waals surface area contributed by atoms with Gasteiger partial charge in [0.25, 0.3) is 0 Å². The molecule has 2 aromatic carbocycles. The summed E-state index contributed by atoms with van der Waals surface area (Å²) in [6.07, 6.45) is 2.43. The fourth-order valence-corrected chi connectivity index (χ4v) is 4.61. The first-order chi connectivity index (χ1) is 15.1. The molecule has 0 saturated carbocycles. The molecule has 1 aliphatic heterocycles. The summed E-state index contributed by atoms with van der Waals surface area (Å²) in [5, 5.41) is 12.6. The molecule has 2 N–H and O–H groups in total. The van der Waals surface area contributed by atoms with Crippen LogP contribution in [0.15, 0.2) is 54.0 Å². The van der Waals surface area contributed by atoms with E-state index in [2.05, 4.69) is 39.2 Å². The van der Waals surface area contributed by atoms with Crippen molar-refractivity contribution in [2.45, 2.75) is 25.8 Å². The van der Waals surface area contributed by atoms with Crippen LogP contribution in [0, 0.1) is 0 Å². The molecule has 7 nitrogen and oxygen atoms in total. The third-order valence-corrected chi connectivity index (χ3v) is 6.30. The molecule has 1 saturated heterocycles. The van der Waals surface area contributed by atoms with Crippen LogP contribution >= 0.6 is 11.3 Å². The highest BCUT2D eigenvalue weighted by Gasteiger charge is 2.21. The molecule has 3 heterocycles. The predicted molar refractivity (Wildman–Crippen MR) is 123 cm³/mol. The van der Waals surface area contributed by atoms with Gasteiger partial charge in [0.05, 0.1) is 11.1 Å². The van der Waals surface area contributed by atoms with Crippen molar-refractivity contribution in [3.8, 4) is 11.4 Å². The summed E-state index contributed by atoms with van der Waals surface area (Å²) in [5.41, 5.74) is 5.59. The number of thiazole rings is 1. The highest BCUT2D eigenvalue weighted by atomic mass is 32.1. The largest absolute Gasteiger partial charge is 0.478 e. The van der Waals surface area contributed by atoms with Gasteiger partial charge in [-0.2, -0.15) is 0 Å². The Morgan fingerprint density at radius 1 is 1.19 bits per heavy atom. The molecule has 0 radical (unpaired) electrons. The number of carboxylic acids is 1. The summed E-state index contributed by atoms with van der Waals surface area (Å²) < 4.78 is 0. The Morgan fingerprint density at radius 2 is 2.03 bits per heavy atom. The van der Waals surface area contributed by atoms with E-state index in [0.717, 1.165) is 28.1 Å². The van der Waals surface area contributed by atoms with E-state index in [1.54, 1.807) is 29.8 Å². The lowest BCUT2D eigenvalue weighted by molar-refractivity contribution is 0.0697. The molecular weight excluding hydrogens is 410 g/mol. The molecule has 0 aliphatic carbocycles. The van der Waals surface area contributed by atoms with Crippen molar-refractivity contribution in [1.29, 1.82) is 0 Å². The molecular formula is C23H21N5O2S. The van der Waals surface area contributed by atoms with E-state index in [-0.39, 0.29) is 5.56 Å². The summed E-state index contributed by atoms with van der Waals surface area (Å²) in [6, 6.07) is 15.5. The maximum absolute atomic E-state index is 11.1. The second kappa shape index (κ2) is 7.96. The maximum Gasteiger partial charge on any atom is 0.335 e. The van der Waals surface area contributed by atoms with Crippen LogP contribution in [-0.4, -0.2) is 38.6 Å². The first-order valence-electron chi connectivity index (χ1n) is 10.2. The molecule has 1 aliphatic rings. The van der Waals surface area contributed by atoms with E-state index in [4.69, 9.17) is 10.1 Å². The quantitative estimate of drug-likeness (QED) is 0.450. The number of nitrogens with one attached hydrogen (secondary N) is 1. The number of fused-ring (bicyclic) bond motifs is 1. The van der Waals surface area contributed by atoms with Gasteiger partial charge >= 0.3 is 5.97 Å². The summed E-state index contributed by atoms with van der Waals surface area (Å²) in [5.74, 6) is 0.204. The standard InChI is InChI=1S/C23H21N5O2S/c1-14-4-3-11-28(14)18-6-2-5-17(12-18)25-21-19-22(31-13-24-19)27-20(26-21)15-7-9-16(10-8-15)23(29)30/h2,5-10,12-14H,3-4,11H2,1H3,(H,29,30)(H,25,26,27)/t14-/m0/s1. The minimum Gasteiger partial charge on any atom is -0.478 e. The van der Waals surface area contributed by atoms with Crippen molar-refractivity contribution in [3.05, 3.63) is 59.6 Å². The van der Waals surface area contributed by atoms with Crippen molar-refractivity contribution >= 4 is 44.8 Å². The van der Waals surface area contributed by atoms with Crippen LogP contribution in [0.3, 0.4) is 0 Å². The van der Waals surface area contributed by atoms with Gasteiger partial charge in [-0.1, -0.05) is 18.2 Å². The van der Waals surface area contributed by atoms with E-state index >= 15 is 0 Å². The molecule has 4 aromatic rings. The van der Waals surface area contributed by atoms with Gasteiger partial charge in [0.15, 0.2) is 11.6 Å². The van der Waals surface area contributed by atoms with Crippen molar-refractivity contribution in [3.63, 3.8) is 0 Å². The second-order valence-electron chi connectivity index (χ2n) is 7.64. The molecule has 156 valence electrons. The van der Waals surface area contributed by atoms with Gasteiger partial charge in [0.1, 0.15) is 10.3 Å². The Hall–Kier alpha value is -3.52. The van der Waals surface area contributed by atoms with Crippen LogP contribution in [0.5, 0.6) is 0 Å². The third-order valence-electron chi connectivity index (χ3n) is 5.58. The Morgan fingerprint density at radius 3 is 2.77 bits per heavy atom. The number of benzene rings is 2. The normalized spacial score (nSPS) is 16.0. The molecule has 0 spiro atoms. The average molecular weight is 432 g/mol. The van der Waals surface area contributed by atoms with E-state index in [9.17, 15) is 4.79 Å². The first-order valence-corrected chi connectivity index (χ1v) is 11.0. The topological polar surface area (TPSA) is 91.2 Å². The predicted octanol–water partition coefficient (Wildman–Crippen LogP) is 5.18. The smallest absolute Gasteiger partial charge is 0.335 e. The lowest BCUT2D eigenvalue weighted by Gasteiger charge is -2.24.